The largest absolute Gasteiger partial charge is 0.467 e. The van der Waals surface area contributed by atoms with Crippen LogP contribution in [0.25, 0.3) is 0 Å². The Morgan fingerprint density at radius 3 is 2.67 bits per heavy atom. The van der Waals surface area contributed by atoms with E-state index in [1.165, 1.54) is 12.8 Å². The molecule has 5 nitrogen and oxygen atoms in total. The Morgan fingerprint density at radius 2 is 1.97 bits per heavy atom. The maximum atomic E-state index is 13.1. The van der Waals surface area contributed by atoms with Gasteiger partial charge in [0.2, 0.25) is 0 Å². The van der Waals surface area contributed by atoms with Crippen LogP contribution in [0.3, 0.4) is 0 Å². The second-order valence-electron chi connectivity index (χ2n) is 7.97. The van der Waals surface area contributed by atoms with E-state index in [9.17, 15) is 4.79 Å². The van der Waals surface area contributed by atoms with Gasteiger partial charge in [-0.1, -0.05) is 23.7 Å². The fraction of sp³-hybridized carbons (Fsp3) is 0.375. The van der Waals surface area contributed by atoms with Crippen molar-refractivity contribution in [2.75, 3.05) is 19.6 Å². The van der Waals surface area contributed by atoms with E-state index in [0.29, 0.717) is 18.7 Å². The molecule has 0 spiro atoms. The van der Waals surface area contributed by atoms with E-state index < -0.39 is 0 Å². The molecule has 0 saturated carbocycles. The van der Waals surface area contributed by atoms with Crippen LogP contribution in [0.4, 0.5) is 0 Å². The first-order chi connectivity index (χ1) is 14.5. The van der Waals surface area contributed by atoms with Crippen LogP contribution in [0.5, 0.6) is 0 Å². The van der Waals surface area contributed by atoms with Gasteiger partial charge in [-0.15, -0.1) is 0 Å². The molecule has 1 atom stereocenters. The number of rotatable bonds is 7. The Labute approximate surface area is 182 Å². The third-order valence-electron chi connectivity index (χ3n) is 5.98. The van der Waals surface area contributed by atoms with Crippen molar-refractivity contribution in [3.05, 3.63) is 82.0 Å². The van der Waals surface area contributed by atoms with Gasteiger partial charge in [0.1, 0.15) is 5.76 Å². The molecule has 30 heavy (non-hydrogen) atoms. The SMILES string of the molecule is Cc1cc(C(=O)NCC(c2cccc(Cl)c2)N2CCCC2)c(C)n1Cc1ccco1. The van der Waals surface area contributed by atoms with Crippen molar-refractivity contribution in [1.29, 1.82) is 0 Å². The number of aromatic nitrogens is 1. The molecule has 1 saturated heterocycles. The summed E-state index contributed by atoms with van der Waals surface area (Å²) >= 11 is 6.24. The molecule has 0 radical (unpaired) electrons. The zero-order valence-electron chi connectivity index (χ0n) is 17.5. The quantitative estimate of drug-likeness (QED) is 0.581. The highest BCUT2D eigenvalue weighted by Gasteiger charge is 2.25. The number of aryl methyl sites for hydroxylation is 1. The van der Waals surface area contributed by atoms with Gasteiger partial charge < -0.3 is 14.3 Å². The lowest BCUT2D eigenvalue weighted by Crippen LogP contribution is -2.37. The Kier molecular flexibility index (Phi) is 6.30. The first-order valence-electron chi connectivity index (χ1n) is 10.5. The number of nitrogens with zero attached hydrogens (tertiary/aromatic N) is 2. The third kappa shape index (κ3) is 4.47. The first kappa shape index (κ1) is 20.8. The van der Waals surface area contributed by atoms with E-state index in [-0.39, 0.29) is 11.9 Å². The monoisotopic (exact) mass is 425 g/mol. The summed E-state index contributed by atoms with van der Waals surface area (Å²) in [4.78, 5) is 15.5. The summed E-state index contributed by atoms with van der Waals surface area (Å²) in [5.41, 5.74) is 3.85. The van der Waals surface area contributed by atoms with E-state index in [2.05, 4.69) is 20.9 Å². The number of furan rings is 1. The first-order valence-corrected chi connectivity index (χ1v) is 10.9. The molecule has 1 unspecified atom stereocenters. The van der Waals surface area contributed by atoms with Gasteiger partial charge in [-0.05, 0) is 75.7 Å². The summed E-state index contributed by atoms with van der Waals surface area (Å²) in [5, 5.41) is 3.90. The van der Waals surface area contributed by atoms with Gasteiger partial charge in [0, 0.05) is 23.0 Å². The van der Waals surface area contributed by atoms with Crippen LogP contribution in [0.15, 0.2) is 53.1 Å². The second-order valence-corrected chi connectivity index (χ2v) is 8.41. The van der Waals surface area contributed by atoms with Crippen molar-refractivity contribution in [2.24, 2.45) is 0 Å². The summed E-state index contributed by atoms with van der Waals surface area (Å²) in [6.45, 7) is 7.28. The van der Waals surface area contributed by atoms with Crippen molar-refractivity contribution in [3.63, 3.8) is 0 Å². The Morgan fingerprint density at radius 1 is 1.17 bits per heavy atom. The van der Waals surface area contributed by atoms with E-state index in [1.807, 2.05) is 50.2 Å². The standard InChI is InChI=1S/C24H28ClN3O2/c1-17-13-22(18(2)28(17)16-21-9-6-12-30-21)24(29)26-15-23(27-10-3-4-11-27)19-7-5-8-20(25)14-19/h5-9,12-14,23H,3-4,10-11,15-16H2,1-2H3,(H,26,29). The molecule has 0 bridgehead atoms. The molecule has 6 heteroatoms. The molecule has 1 aliphatic rings. The van der Waals surface area contributed by atoms with Gasteiger partial charge in [-0.3, -0.25) is 9.69 Å². The van der Waals surface area contributed by atoms with Crippen LogP contribution >= 0.6 is 11.6 Å². The van der Waals surface area contributed by atoms with Gasteiger partial charge in [0.25, 0.3) is 5.91 Å². The predicted molar refractivity (Wildman–Crippen MR) is 119 cm³/mol. The van der Waals surface area contributed by atoms with Gasteiger partial charge in [-0.25, -0.2) is 0 Å². The van der Waals surface area contributed by atoms with Gasteiger partial charge in [-0.2, -0.15) is 0 Å². The zero-order chi connectivity index (χ0) is 21.1. The summed E-state index contributed by atoms with van der Waals surface area (Å²) in [5.74, 6) is 0.832. The minimum absolute atomic E-state index is 0.0416. The molecule has 1 amide bonds. The Hall–Kier alpha value is -2.50. The van der Waals surface area contributed by atoms with Crippen LogP contribution in [-0.2, 0) is 6.54 Å². The molecule has 0 aliphatic carbocycles. The molecule has 1 N–H and O–H groups in total. The molecule has 4 rings (SSSR count). The second kappa shape index (κ2) is 9.11. The number of carbonyl (C=O) groups is 1. The van der Waals surface area contributed by atoms with Crippen LogP contribution in [0.1, 0.15) is 52.0 Å². The Bertz CT molecular complexity index is 1000. The number of benzene rings is 1. The number of nitrogens with one attached hydrogen (secondary N) is 1. The fourth-order valence-electron chi connectivity index (χ4n) is 4.34. The molecule has 3 aromatic rings. The van der Waals surface area contributed by atoms with Crippen molar-refractivity contribution in [3.8, 4) is 0 Å². The van der Waals surface area contributed by atoms with Crippen molar-refractivity contribution >= 4 is 17.5 Å². The highest BCUT2D eigenvalue weighted by atomic mass is 35.5. The number of halogens is 1. The Balaban J connectivity index is 1.49. The summed E-state index contributed by atoms with van der Waals surface area (Å²) in [6, 6.07) is 13.9. The molecule has 3 heterocycles. The smallest absolute Gasteiger partial charge is 0.253 e. The van der Waals surface area contributed by atoms with E-state index in [1.54, 1.807) is 6.26 Å². The highest BCUT2D eigenvalue weighted by molar-refractivity contribution is 6.30. The number of carbonyl (C=O) groups excluding carboxylic acids is 1. The number of amides is 1. The molecule has 1 aliphatic heterocycles. The van der Waals surface area contributed by atoms with Gasteiger partial charge in [0.15, 0.2) is 0 Å². The normalized spacial score (nSPS) is 15.4. The third-order valence-corrected chi connectivity index (χ3v) is 6.22. The maximum Gasteiger partial charge on any atom is 0.253 e. The minimum atomic E-state index is -0.0416. The summed E-state index contributed by atoms with van der Waals surface area (Å²) < 4.78 is 7.59. The molecular formula is C24H28ClN3O2. The topological polar surface area (TPSA) is 50.4 Å². The summed E-state index contributed by atoms with van der Waals surface area (Å²) in [6.07, 6.45) is 4.06. The van der Waals surface area contributed by atoms with Crippen LogP contribution in [0.2, 0.25) is 5.02 Å². The van der Waals surface area contributed by atoms with Crippen LogP contribution in [-0.4, -0.2) is 35.0 Å². The lowest BCUT2D eigenvalue weighted by Gasteiger charge is -2.28. The summed E-state index contributed by atoms with van der Waals surface area (Å²) in [7, 11) is 0. The van der Waals surface area contributed by atoms with Gasteiger partial charge >= 0.3 is 0 Å². The van der Waals surface area contributed by atoms with Crippen molar-refractivity contribution in [2.45, 2.75) is 39.3 Å². The number of likely N-dealkylation sites (tertiary alicyclic amines) is 1. The fourth-order valence-corrected chi connectivity index (χ4v) is 4.54. The molecule has 1 fully saturated rings. The van der Waals surface area contributed by atoms with Crippen LogP contribution in [0, 0.1) is 13.8 Å². The lowest BCUT2D eigenvalue weighted by molar-refractivity contribution is 0.0937. The molecule has 2 aromatic heterocycles. The highest BCUT2D eigenvalue weighted by Crippen LogP contribution is 2.27. The van der Waals surface area contributed by atoms with Crippen molar-refractivity contribution < 1.29 is 9.21 Å². The molecule has 1 aromatic carbocycles. The average molecular weight is 426 g/mol. The minimum Gasteiger partial charge on any atom is -0.467 e. The van der Waals surface area contributed by atoms with E-state index >= 15 is 0 Å². The molecular weight excluding hydrogens is 398 g/mol. The number of hydrogen-bond acceptors (Lipinski definition) is 3. The van der Waals surface area contributed by atoms with E-state index in [0.717, 1.165) is 40.8 Å². The average Bonchev–Trinajstić information content (AvgIpc) is 3.48. The lowest BCUT2D eigenvalue weighted by atomic mass is 10.1. The van der Waals surface area contributed by atoms with E-state index in [4.69, 9.17) is 16.0 Å². The number of hydrogen-bond donors (Lipinski definition) is 1. The predicted octanol–water partition coefficient (Wildman–Crippen LogP) is 4.97. The molecule has 158 valence electrons. The van der Waals surface area contributed by atoms with Gasteiger partial charge in [0.05, 0.1) is 24.4 Å². The maximum absolute atomic E-state index is 13.1. The zero-order valence-corrected chi connectivity index (χ0v) is 18.3. The van der Waals surface area contributed by atoms with Crippen LogP contribution < -0.4 is 5.32 Å². The van der Waals surface area contributed by atoms with Crippen molar-refractivity contribution in [1.82, 2.24) is 14.8 Å².